The maximum atomic E-state index is 13.0. The quantitative estimate of drug-likeness (QED) is 0.768. The molecule has 1 amide bonds. The number of carbonyl (C=O) groups is 1. The Morgan fingerprint density at radius 2 is 1.73 bits per heavy atom. The number of amides is 1. The molecule has 7 heteroatoms. The number of nitrogens with one attached hydrogen (secondary N) is 1. The Morgan fingerprint density at radius 3 is 2.35 bits per heavy atom. The molecule has 0 aromatic heterocycles. The van der Waals surface area contributed by atoms with Gasteiger partial charge in [-0.1, -0.05) is 30.3 Å². The SMILES string of the molecule is C[C@H](CCc1ccccc1)NC(=O)CN(C)S(=O)(=O)c1ccc(F)cc1. The fourth-order valence-corrected chi connectivity index (χ4v) is 3.62. The highest BCUT2D eigenvalue weighted by Gasteiger charge is 2.23. The van der Waals surface area contributed by atoms with Crippen molar-refractivity contribution in [1.82, 2.24) is 9.62 Å². The van der Waals surface area contributed by atoms with Gasteiger partial charge in [0, 0.05) is 13.1 Å². The Balaban J connectivity index is 1.86. The van der Waals surface area contributed by atoms with Crippen molar-refractivity contribution in [2.45, 2.75) is 30.7 Å². The van der Waals surface area contributed by atoms with Gasteiger partial charge in [0.1, 0.15) is 5.82 Å². The third kappa shape index (κ3) is 5.64. The van der Waals surface area contributed by atoms with Crippen molar-refractivity contribution in [2.24, 2.45) is 0 Å². The fraction of sp³-hybridized carbons (Fsp3) is 0.316. The Labute approximate surface area is 153 Å². The van der Waals surface area contributed by atoms with Crippen molar-refractivity contribution in [3.63, 3.8) is 0 Å². The van der Waals surface area contributed by atoms with E-state index in [-0.39, 0.29) is 23.4 Å². The number of hydrogen-bond acceptors (Lipinski definition) is 3. The summed E-state index contributed by atoms with van der Waals surface area (Å²) in [5.74, 6) is -0.893. The van der Waals surface area contributed by atoms with Gasteiger partial charge in [0.2, 0.25) is 15.9 Å². The molecule has 0 saturated heterocycles. The van der Waals surface area contributed by atoms with Gasteiger partial charge in [-0.2, -0.15) is 4.31 Å². The minimum absolute atomic E-state index is 0.0497. The summed E-state index contributed by atoms with van der Waals surface area (Å²) in [6.07, 6.45) is 1.58. The van der Waals surface area contributed by atoms with Gasteiger partial charge in [0.05, 0.1) is 11.4 Å². The van der Waals surface area contributed by atoms with Crippen molar-refractivity contribution >= 4 is 15.9 Å². The average Bonchev–Trinajstić information content (AvgIpc) is 2.61. The predicted octanol–water partition coefficient (Wildman–Crippen LogP) is 2.58. The van der Waals surface area contributed by atoms with Crippen LogP contribution in [0.3, 0.4) is 0 Å². The molecule has 0 saturated carbocycles. The zero-order chi connectivity index (χ0) is 19.2. The number of sulfonamides is 1. The molecule has 0 unspecified atom stereocenters. The normalized spacial score (nSPS) is 12.8. The summed E-state index contributed by atoms with van der Waals surface area (Å²) in [6.45, 7) is 1.59. The molecule has 26 heavy (non-hydrogen) atoms. The average molecular weight is 378 g/mol. The number of benzene rings is 2. The lowest BCUT2D eigenvalue weighted by Crippen LogP contribution is -2.41. The highest BCUT2D eigenvalue weighted by atomic mass is 32.2. The number of hydrogen-bond donors (Lipinski definition) is 1. The first-order valence-electron chi connectivity index (χ1n) is 8.34. The summed E-state index contributed by atoms with van der Waals surface area (Å²) in [4.78, 5) is 12.1. The van der Waals surface area contributed by atoms with Gasteiger partial charge < -0.3 is 5.32 Å². The van der Waals surface area contributed by atoms with Crippen LogP contribution in [0.4, 0.5) is 4.39 Å². The number of carbonyl (C=O) groups excluding carboxylic acids is 1. The summed E-state index contributed by atoms with van der Waals surface area (Å²) >= 11 is 0. The van der Waals surface area contributed by atoms with E-state index in [1.54, 1.807) is 0 Å². The highest BCUT2D eigenvalue weighted by molar-refractivity contribution is 7.89. The van der Waals surface area contributed by atoms with E-state index in [9.17, 15) is 17.6 Å². The Morgan fingerprint density at radius 1 is 1.12 bits per heavy atom. The number of likely N-dealkylation sites (N-methyl/N-ethyl adjacent to an activating group) is 1. The molecule has 0 aliphatic rings. The first-order chi connectivity index (χ1) is 12.3. The molecule has 2 aromatic rings. The maximum Gasteiger partial charge on any atom is 0.243 e. The standard InChI is InChI=1S/C19H23FN2O3S/c1-15(8-9-16-6-4-3-5-7-16)21-19(23)14-22(2)26(24,25)18-12-10-17(20)11-13-18/h3-7,10-13,15H,8-9,14H2,1-2H3,(H,21,23)/t15-/m1/s1. The van der Waals surface area contributed by atoms with Crippen LogP contribution in [0.5, 0.6) is 0 Å². The lowest BCUT2D eigenvalue weighted by atomic mass is 10.1. The molecule has 2 rings (SSSR count). The lowest BCUT2D eigenvalue weighted by molar-refractivity contribution is -0.121. The van der Waals surface area contributed by atoms with Crippen molar-refractivity contribution in [3.8, 4) is 0 Å². The van der Waals surface area contributed by atoms with E-state index in [4.69, 9.17) is 0 Å². The van der Waals surface area contributed by atoms with E-state index in [0.717, 1.165) is 29.3 Å². The third-order valence-corrected chi connectivity index (χ3v) is 5.82. The van der Waals surface area contributed by atoms with Gasteiger partial charge in [-0.15, -0.1) is 0 Å². The monoisotopic (exact) mass is 378 g/mol. The second-order valence-electron chi connectivity index (χ2n) is 6.21. The van der Waals surface area contributed by atoms with Gasteiger partial charge in [-0.25, -0.2) is 12.8 Å². The first kappa shape index (κ1) is 20.1. The summed E-state index contributed by atoms with van der Waals surface area (Å²) < 4.78 is 38.7. The van der Waals surface area contributed by atoms with E-state index in [1.807, 2.05) is 37.3 Å². The second-order valence-corrected chi connectivity index (χ2v) is 8.25. The number of aryl methyl sites for hydroxylation is 1. The largest absolute Gasteiger partial charge is 0.352 e. The van der Waals surface area contributed by atoms with Crippen LogP contribution in [0, 0.1) is 5.82 Å². The topological polar surface area (TPSA) is 66.5 Å². The van der Waals surface area contributed by atoms with Crippen LogP contribution in [-0.2, 0) is 21.2 Å². The molecule has 0 aliphatic heterocycles. The summed E-state index contributed by atoms with van der Waals surface area (Å²) in [5.41, 5.74) is 1.18. The molecule has 5 nitrogen and oxygen atoms in total. The van der Waals surface area contributed by atoms with Crippen molar-refractivity contribution in [1.29, 1.82) is 0 Å². The molecule has 0 radical (unpaired) electrons. The van der Waals surface area contributed by atoms with E-state index in [2.05, 4.69) is 5.32 Å². The lowest BCUT2D eigenvalue weighted by Gasteiger charge is -2.19. The van der Waals surface area contributed by atoms with Crippen LogP contribution in [0.15, 0.2) is 59.5 Å². The van der Waals surface area contributed by atoms with E-state index in [0.29, 0.717) is 0 Å². The minimum atomic E-state index is -3.84. The molecule has 0 spiro atoms. The Hall–Kier alpha value is -2.25. The number of halogens is 1. The number of nitrogens with zero attached hydrogens (tertiary/aromatic N) is 1. The molecule has 2 aromatic carbocycles. The van der Waals surface area contributed by atoms with Crippen LogP contribution in [0.2, 0.25) is 0 Å². The van der Waals surface area contributed by atoms with Gasteiger partial charge >= 0.3 is 0 Å². The molecule has 1 atom stereocenters. The minimum Gasteiger partial charge on any atom is -0.352 e. The van der Waals surface area contributed by atoms with Crippen LogP contribution in [0.1, 0.15) is 18.9 Å². The summed E-state index contributed by atoms with van der Waals surface area (Å²) in [5, 5.41) is 2.81. The van der Waals surface area contributed by atoms with Crippen LogP contribution >= 0.6 is 0 Å². The first-order valence-corrected chi connectivity index (χ1v) is 9.78. The molecular formula is C19H23FN2O3S. The summed E-state index contributed by atoms with van der Waals surface area (Å²) in [7, 11) is -2.51. The van der Waals surface area contributed by atoms with Crippen molar-refractivity contribution in [2.75, 3.05) is 13.6 Å². The Kier molecular flexibility index (Phi) is 6.88. The van der Waals surface area contributed by atoms with Crippen molar-refractivity contribution < 1.29 is 17.6 Å². The number of rotatable bonds is 8. The van der Waals surface area contributed by atoms with Gasteiger partial charge in [-0.3, -0.25) is 4.79 Å². The van der Waals surface area contributed by atoms with E-state index in [1.165, 1.54) is 24.7 Å². The van der Waals surface area contributed by atoms with Crippen LogP contribution in [0.25, 0.3) is 0 Å². The van der Waals surface area contributed by atoms with Crippen LogP contribution < -0.4 is 5.32 Å². The molecule has 0 bridgehead atoms. The van der Waals surface area contributed by atoms with Gasteiger partial charge in [0.15, 0.2) is 0 Å². The van der Waals surface area contributed by atoms with E-state index < -0.39 is 15.8 Å². The molecule has 1 N–H and O–H groups in total. The molecule has 0 heterocycles. The van der Waals surface area contributed by atoms with E-state index >= 15 is 0 Å². The van der Waals surface area contributed by atoms with Crippen molar-refractivity contribution in [3.05, 3.63) is 66.0 Å². The zero-order valence-corrected chi connectivity index (χ0v) is 15.7. The molecule has 0 aliphatic carbocycles. The zero-order valence-electron chi connectivity index (χ0n) is 14.9. The predicted molar refractivity (Wildman–Crippen MR) is 98.6 cm³/mol. The molecule has 140 valence electrons. The fourth-order valence-electron chi connectivity index (χ4n) is 2.49. The summed E-state index contributed by atoms with van der Waals surface area (Å²) in [6, 6.07) is 14.4. The Bertz CT molecular complexity index is 824. The smallest absolute Gasteiger partial charge is 0.243 e. The second kappa shape index (κ2) is 8.91. The van der Waals surface area contributed by atoms with Gasteiger partial charge in [0.25, 0.3) is 0 Å². The highest BCUT2D eigenvalue weighted by Crippen LogP contribution is 2.14. The maximum absolute atomic E-state index is 13.0. The molecule has 0 fully saturated rings. The van der Waals surface area contributed by atoms with Crippen LogP contribution in [-0.4, -0.2) is 38.3 Å². The van der Waals surface area contributed by atoms with Gasteiger partial charge in [-0.05, 0) is 49.6 Å². The molecular weight excluding hydrogens is 355 g/mol. The third-order valence-electron chi connectivity index (χ3n) is 4.00.